The number of nitriles is 1. The van der Waals surface area contributed by atoms with Gasteiger partial charge < -0.3 is 5.32 Å². The highest BCUT2D eigenvalue weighted by Crippen LogP contribution is 2.27. The van der Waals surface area contributed by atoms with Crippen molar-refractivity contribution in [1.82, 2.24) is 5.32 Å². The summed E-state index contributed by atoms with van der Waals surface area (Å²) in [6.45, 7) is 4.51. The Morgan fingerprint density at radius 1 is 1.56 bits per heavy atom. The highest BCUT2D eigenvalue weighted by molar-refractivity contribution is 8.00. The van der Waals surface area contributed by atoms with Crippen LogP contribution in [0.2, 0.25) is 0 Å². The normalized spacial score (nSPS) is 20.4. The van der Waals surface area contributed by atoms with Crippen molar-refractivity contribution in [3.05, 3.63) is 0 Å². The van der Waals surface area contributed by atoms with Gasteiger partial charge in [0.05, 0.1) is 6.07 Å². The van der Waals surface area contributed by atoms with Gasteiger partial charge in [-0.1, -0.05) is 13.8 Å². The third-order valence-electron chi connectivity index (χ3n) is 3.37. The van der Waals surface area contributed by atoms with Crippen LogP contribution in [-0.2, 0) is 4.79 Å². The SMILES string of the molecule is CCC(C#N)(CC)C(=O)NCC1CCCS1. The summed E-state index contributed by atoms with van der Waals surface area (Å²) in [5, 5.41) is 12.6. The standard InChI is InChI=1S/C12H20N2OS/c1-3-12(4-2,9-13)11(15)14-8-10-6-5-7-16-10/h10H,3-8H2,1-2H3,(H,14,15). The van der Waals surface area contributed by atoms with Gasteiger partial charge in [0.1, 0.15) is 5.41 Å². The van der Waals surface area contributed by atoms with Crippen LogP contribution in [0.25, 0.3) is 0 Å². The van der Waals surface area contributed by atoms with Crippen LogP contribution < -0.4 is 5.32 Å². The molecule has 0 aromatic rings. The molecule has 0 saturated carbocycles. The molecule has 1 saturated heterocycles. The van der Waals surface area contributed by atoms with E-state index in [2.05, 4.69) is 11.4 Å². The van der Waals surface area contributed by atoms with Gasteiger partial charge in [0.2, 0.25) is 5.91 Å². The summed E-state index contributed by atoms with van der Waals surface area (Å²) in [5.41, 5.74) is -0.816. The molecule has 3 nitrogen and oxygen atoms in total. The van der Waals surface area contributed by atoms with Gasteiger partial charge in [0.15, 0.2) is 0 Å². The van der Waals surface area contributed by atoms with Crippen molar-refractivity contribution in [2.24, 2.45) is 5.41 Å². The topological polar surface area (TPSA) is 52.9 Å². The Morgan fingerprint density at radius 3 is 2.69 bits per heavy atom. The lowest BCUT2D eigenvalue weighted by Crippen LogP contribution is -2.41. The average Bonchev–Trinajstić information content (AvgIpc) is 2.82. The van der Waals surface area contributed by atoms with E-state index in [0.717, 1.165) is 0 Å². The molecule has 0 aromatic heterocycles. The number of nitrogens with one attached hydrogen (secondary N) is 1. The Balaban J connectivity index is 2.46. The first-order valence-corrected chi connectivity index (χ1v) is 7.04. The smallest absolute Gasteiger partial charge is 0.240 e. The van der Waals surface area contributed by atoms with Crippen molar-refractivity contribution < 1.29 is 4.79 Å². The summed E-state index contributed by atoms with van der Waals surface area (Å²) in [6, 6.07) is 2.17. The number of carbonyl (C=O) groups is 1. The zero-order valence-corrected chi connectivity index (χ0v) is 10.9. The Hall–Kier alpha value is -0.690. The Morgan fingerprint density at radius 2 is 2.25 bits per heavy atom. The minimum Gasteiger partial charge on any atom is -0.354 e. The van der Waals surface area contributed by atoms with Crippen LogP contribution in [0, 0.1) is 16.7 Å². The molecule has 1 rings (SSSR count). The zero-order chi connectivity index (χ0) is 12.0. The van der Waals surface area contributed by atoms with Crippen molar-refractivity contribution in [3.63, 3.8) is 0 Å². The van der Waals surface area contributed by atoms with Crippen LogP contribution in [0.3, 0.4) is 0 Å². The van der Waals surface area contributed by atoms with Crippen LogP contribution in [0.4, 0.5) is 0 Å². The number of hydrogen-bond acceptors (Lipinski definition) is 3. The van der Waals surface area contributed by atoms with Crippen molar-refractivity contribution >= 4 is 17.7 Å². The molecule has 16 heavy (non-hydrogen) atoms. The second-order valence-electron chi connectivity index (χ2n) is 4.25. The molecule has 0 radical (unpaired) electrons. The van der Waals surface area contributed by atoms with E-state index < -0.39 is 5.41 Å². The maximum Gasteiger partial charge on any atom is 0.240 e. The summed E-state index contributed by atoms with van der Waals surface area (Å²) < 4.78 is 0. The highest BCUT2D eigenvalue weighted by atomic mass is 32.2. The molecule has 1 heterocycles. The lowest BCUT2D eigenvalue weighted by atomic mass is 9.83. The van der Waals surface area contributed by atoms with Crippen LogP contribution in [-0.4, -0.2) is 23.5 Å². The predicted octanol–water partition coefficient (Wildman–Crippen LogP) is 2.33. The minimum atomic E-state index is -0.816. The van der Waals surface area contributed by atoms with Crippen LogP contribution in [0.1, 0.15) is 39.5 Å². The fraction of sp³-hybridized carbons (Fsp3) is 0.833. The van der Waals surface area contributed by atoms with Crippen molar-refractivity contribution in [2.45, 2.75) is 44.8 Å². The summed E-state index contributed by atoms with van der Waals surface area (Å²) >= 11 is 1.92. The fourth-order valence-electron chi connectivity index (χ4n) is 1.96. The molecule has 4 heteroatoms. The van der Waals surface area contributed by atoms with Crippen molar-refractivity contribution in [1.29, 1.82) is 5.26 Å². The van der Waals surface area contributed by atoms with E-state index in [0.29, 0.717) is 24.6 Å². The number of rotatable bonds is 5. The molecule has 1 aliphatic heterocycles. The van der Waals surface area contributed by atoms with E-state index in [1.807, 2.05) is 25.6 Å². The molecule has 1 unspecified atom stereocenters. The van der Waals surface area contributed by atoms with Crippen LogP contribution in [0.15, 0.2) is 0 Å². The Labute approximate surface area is 102 Å². The first-order valence-electron chi connectivity index (χ1n) is 5.99. The largest absolute Gasteiger partial charge is 0.354 e. The molecule has 0 spiro atoms. The van der Waals surface area contributed by atoms with E-state index in [1.165, 1.54) is 18.6 Å². The third kappa shape index (κ3) is 2.91. The summed E-state index contributed by atoms with van der Waals surface area (Å²) in [6.07, 6.45) is 3.60. The Bertz CT molecular complexity index is 275. The molecule has 1 amide bonds. The monoisotopic (exact) mass is 240 g/mol. The quantitative estimate of drug-likeness (QED) is 0.802. The van der Waals surface area contributed by atoms with Crippen LogP contribution >= 0.6 is 11.8 Å². The van der Waals surface area contributed by atoms with E-state index in [4.69, 9.17) is 5.26 Å². The van der Waals surface area contributed by atoms with Crippen LogP contribution in [0.5, 0.6) is 0 Å². The maximum absolute atomic E-state index is 12.0. The zero-order valence-electron chi connectivity index (χ0n) is 10.1. The maximum atomic E-state index is 12.0. The number of nitrogens with zero attached hydrogens (tertiary/aromatic N) is 1. The molecule has 1 atom stereocenters. The number of carbonyl (C=O) groups excluding carboxylic acids is 1. The first-order chi connectivity index (χ1) is 7.68. The Kier molecular flexibility index (Phi) is 5.14. The van der Waals surface area contributed by atoms with Gasteiger partial charge in [-0.15, -0.1) is 0 Å². The average molecular weight is 240 g/mol. The van der Waals surface area contributed by atoms with E-state index in [-0.39, 0.29) is 5.91 Å². The second-order valence-corrected chi connectivity index (χ2v) is 5.65. The molecular weight excluding hydrogens is 220 g/mol. The van der Waals surface area contributed by atoms with E-state index in [9.17, 15) is 4.79 Å². The summed E-state index contributed by atoms with van der Waals surface area (Å²) in [4.78, 5) is 12.0. The fourth-order valence-corrected chi connectivity index (χ4v) is 3.16. The first kappa shape index (κ1) is 13.4. The van der Waals surface area contributed by atoms with Gasteiger partial charge in [0.25, 0.3) is 0 Å². The lowest BCUT2D eigenvalue weighted by molar-refractivity contribution is -0.128. The molecule has 90 valence electrons. The third-order valence-corrected chi connectivity index (χ3v) is 4.77. The molecule has 1 N–H and O–H groups in total. The number of thioether (sulfide) groups is 1. The van der Waals surface area contributed by atoms with Crippen molar-refractivity contribution in [2.75, 3.05) is 12.3 Å². The molecule has 0 aliphatic carbocycles. The minimum absolute atomic E-state index is 0.0903. The van der Waals surface area contributed by atoms with Gasteiger partial charge in [-0.3, -0.25) is 4.79 Å². The van der Waals surface area contributed by atoms with Crippen molar-refractivity contribution in [3.8, 4) is 6.07 Å². The number of amides is 1. The lowest BCUT2D eigenvalue weighted by Gasteiger charge is -2.23. The van der Waals surface area contributed by atoms with Gasteiger partial charge in [-0.2, -0.15) is 17.0 Å². The molecular formula is C12H20N2OS. The molecule has 1 aliphatic rings. The second kappa shape index (κ2) is 6.15. The predicted molar refractivity (Wildman–Crippen MR) is 67.1 cm³/mol. The van der Waals surface area contributed by atoms with Gasteiger partial charge in [0, 0.05) is 11.8 Å². The summed E-state index contributed by atoms with van der Waals surface area (Å²) in [7, 11) is 0. The van der Waals surface area contributed by atoms with E-state index in [1.54, 1.807) is 0 Å². The number of hydrogen-bond donors (Lipinski definition) is 1. The molecule has 0 aromatic carbocycles. The summed E-state index contributed by atoms with van der Waals surface area (Å²) in [5.74, 6) is 1.11. The van der Waals surface area contributed by atoms with E-state index >= 15 is 0 Å². The molecule has 1 fully saturated rings. The highest BCUT2D eigenvalue weighted by Gasteiger charge is 2.35. The molecule has 0 bridgehead atoms. The van der Waals surface area contributed by atoms with Gasteiger partial charge in [-0.05, 0) is 31.4 Å². The van der Waals surface area contributed by atoms with Gasteiger partial charge in [-0.25, -0.2) is 0 Å². The van der Waals surface area contributed by atoms with Gasteiger partial charge >= 0.3 is 0 Å².